The summed E-state index contributed by atoms with van der Waals surface area (Å²) in [7, 11) is 0. The van der Waals surface area contributed by atoms with E-state index in [2.05, 4.69) is 31.0 Å². The van der Waals surface area contributed by atoms with Crippen molar-refractivity contribution >= 4 is 23.0 Å². The lowest BCUT2D eigenvalue weighted by Gasteiger charge is -2.14. The maximum atomic E-state index is 6.22. The third-order valence-corrected chi connectivity index (χ3v) is 3.19. The van der Waals surface area contributed by atoms with E-state index in [0.717, 1.165) is 27.5 Å². The van der Waals surface area contributed by atoms with E-state index in [-0.39, 0.29) is 0 Å². The summed E-state index contributed by atoms with van der Waals surface area (Å²) < 4.78 is 0. The van der Waals surface area contributed by atoms with Gasteiger partial charge >= 0.3 is 0 Å². The molecule has 2 aromatic carbocycles. The van der Waals surface area contributed by atoms with Gasteiger partial charge < -0.3 is 5.32 Å². The molecule has 0 aliphatic rings. The van der Waals surface area contributed by atoms with Crippen LogP contribution >= 0.6 is 11.6 Å². The second-order valence-corrected chi connectivity index (χ2v) is 4.81. The first-order valence-corrected chi connectivity index (χ1v) is 6.24. The van der Waals surface area contributed by atoms with Crippen LogP contribution in [-0.2, 0) is 0 Å². The average molecular weight is 258 g/mol. The van der Waals surface area contributed by atoms with Gasteiger partial charge in [0.05, 0.1) is 5.02 Å². The van der Waals surface area contributed by atoms with Crippen molar-refractivity contribution < 1.29 is 0 Å². The number of anilines is 1. The van der Waals surface area contributed by atoms with E-state index in [0.29, 0.717) is 0 Å². The number of rotatable bonds is 3. The van der Waals surface area contributed by atoms with Crippen molar-refractivity contribution in [2.45, 2.75) is 13.8 Å². The van der Waals surface area contributed by atoms with Gasteiger partial charge in [-0.2, -0.15) is 0 Å². The zero-order valence-corrected chi connectivity index (χ0v) is 11.4. The van der Waals surface area contributed by atoms with Crippen LogP contribution in [0.25, 0.3) is 5.70 Å². The van der Waals surface area contributed by atoms with Crippen LogP contribution in [0.3, 0.4) is 0 Å². The van der Waals surface area contributed by atoms with E-state index >= 15 is 0 Å². The van der Waals surface area contributed by atoms with Crippen molar-refractivity contribution in [3.05, 3.63) is 70.8 Å². The highest BCUT2D eigenvalue weighted by molar-refractivity contribution is 6.32. The van der Waals surface area contributed by atoms with E-state index in [9.17, 15) is 0 Å². The molecule has 0 fully saturated rings. The van der Waals surface area contributed by atoms with Gasteiger partial charge in [-0.1, -0.05) is 48.0 Å². The Morgan fingerprint density at radius 3 is 2.33 bits per heavy atom. The van der Waals surface area contributed by atoms with Crippen molar-refractivity contribution in [3.63, 3.8) is 0 Å². The Bertz CT molecular complexity index is 550. The van der Waals surface area contributed by atoms with Gasteiger partial charge in [-0.05, 0) is 37.6 Å². The highest BCUT2D eigenvalue weighted by Gasteiger charge is 2.07. The van der Waals surface area contributed by atoms with Crippen LogP contribution < -0.4 is 5.32 Å². The number of hydrogen-bond acceptors (Lipinski definition) is 1. The molecule has 2 aromatic rings. The van der Waals surface area contributed by atoms with E-state index in [4.69, 9.17) is 11.6 Å². The molecule has 0 atom stereocenters. The molecule has 2 heteroatoms. The maximum Gasteiger partial charge on any atom is 0.0501 e. The molecule has 0 heterocycles. The molecule has 2 rings (SSSR count). The van der Waals surface area contributed by atoms with Gasteiger partial charge in [-0.3, -0.25) is 0 Å². The summed E-state index contributed by atoms with van der Waals surface area (Å²) in [5.74, 6) is 0. The summed E-state index contributed by atoms with van der Waals surface area (Å²) in [5, 5.41) is 4.01. The molecule has 0 aromatic heterocycles. The summed E-state index contributed by atoms with van der Waals surface area (Å²) in [6.45, 7) is 8.17. The number of nitrogens with one attached hydrogen (secondary N) is 1. The van der Waals surface area contributed by atoms with Crippen molar-refractivity contribution in [1.82, 2.24) is 0 Å². The third kappa shape index (κ3) is 2.74. The molecule has 0 saturated heterocycles. The molecule has 0 radical (unpaired) electrons. The zero-order valence-electron chi connectivity index (χ0n) is 10.6. The minimum atomic E-state index is 0.722. The van der Waals surface area contributed by atoms with Gasteiger partial charge in [-0.25, -0.2) is 0 Å². The van der Waals surface area contributed by atoms with E-state index < -0.39 is 0 Å². The quantitative estimate of drug-likeness (QED) is 0.812. The van der Waals surface area contributed by atoms with Crippen LogP contribution in [0.2, 0.25) is 5.02 Å². The summed E-state index contributed by atoms with van der Waals surface area (Å²) in [4.78, 5) is 0. The monoisotopic (exact) mass is 257 g/mol. The number of halogens is 1. The van der Waals surface area contributed by atoms with Crippen molar-refractivity contribution in [1.29, 1.82) is 0 Å². The van der Waals surface area contributed by atoms with Gasteiger partial charge in [0.2, 0.25) is 0 Å². The van der Waals surface area contributed by atoms with Crippen LogP contribution in [0.4, 0.5) is 5.69 Å². The summed E-state index contributed by atoms with van der Waals surface area (Å²) in [5.41, 5.74) is 5.17. The van der Waals surface area contributed by atoms with E-state index in [1.807, 2.05) is 37.3 Å². The van der Waals surface area contributed by atoms with Crippen molar-refractivity contribution in [2.24, 2.45) is 0 Å². The predicted octanol–water partition coefficient (Wildman–Crippen LogP) is 5.04. The number of benzene rings is 2. The molecule has 0 unspecified atom stereocenters. The highest BCUT2D eigenvalue weighted by Crippen LogP contribution is 2.27. The van der Waals surface area contributed by atoms with Gasteiger partial charge in [0.15, 0.2) is 0 Å². The largest absolute Gasteiger partial charge is 0.355 e. The van der Waals surface area contributed by atoms with Gasteiger partial charge in [0, 0.05) is 16.9 Å². The van der Waals surface area contributed by atoms with Crippen LogP contribution in [0.15, 0.2) is 49.0 Å². The van der Waals surface area contributed by atoms with Crippen LogP contribution in [0.1, 0.15) is 16.7 Å². The minimum absolute atomic E-state index is 0.722. The second kappa shape index (κ2) is 5.28. The number of hydrogen-bond donors (Lipinski definition) is 1. The molecule has 1 N–H and O–H groups in total. The SMILES string of the molecule is C=C(Nc1ccc(C)cc1)c1c(C)cccc1Cl. The molecule has 0 amide bonds. The smallest absolute Gasteiger partial charge is 0.0501 e. The van der Waals surface area contributed by atoms with Gasteiger partial charge in [0.1, 0.15) is 0 Å². The fourth-order valence-corrected chi connectivity index (χ4v) is 2.22. The van der Waals surface area contributed by atoms with Crippen LogP contribution in [0.5, 0.6) is 0 Å². The third-order valence-electron chi connectivity index (χ3n) is 2.87. The van der Waals surface area contributed by atoms with E-state index in [1.54, 1.807) is 0 Å². The Kier molecular flexibility index (Phi) is 3.73. The van der Waals surface area contributed by atoms with E-state index in [1.165, 1.54) is 5.56 Å². The lowest BCUT2D eigenvalue weighted by molar-refractivity contribution is 1.40. The molecular formula is C16H16ClN. The van der Waals surface area contributed by atoms with Crippen LogP contribution in [-0.4, -0.2) is 0 Å². The van der Waals surface area contributed by atoms with Gasteiger partial charge in [0.25, 0.3) is 0 Å². The summed E-state index contributed by atoms with van der Waals surface area (Å²) in [6.07, 6.45) is 0. The second-order valence-electron chi connectivity index (χ2n) is 4.40. The van der Waals surface area contributed by atoms with Crippen molar-refractivity contribution in [2.75, 3.05) is 5.32 Å². The Balaban J connectivity index is 2.25. The standard InChI is InChI=1S/C16H16ClN/c1-11-7-9-14(10-8-11)18-13(3)16-12(2)5-4-6-15(16)17/h4-10,18H,3H2,1-2H3. The normalized spacial score (nSPS) is 10.2. The van der Waals surface area contributed by atoms with Crippen LogP contribution in [0, 0.1) is 13.8 Å². The molecule has 0 aliphatic carbocycles. The molecule has 0 bridgehead atoms. The molecule has 0 spiro atoms. The van der Waals surface area contributed by atoms with Crippen molar-refractivity contribution in [3.8, 4) is 0 Å². The molecule has 0 saturated carbocycles. The Morgan fingerprint density at radius 2 is 1.72 bits per heavy atom. The lowest BCUT2D eigenvalue weighted by Crippen LogP contribution is -2.00. The molecule has 1 nitrogen and oxygen atoms in total. The predicted molar refractivity (Wildman–Crippen MR) is 80.0 cm³/mol. The summed E-state index contributed by atoms with van der Waals surface area (Å²) in [6, 6.07) is 14.1. The molecule has 92 valence electrons. The zero-order chi connectivity index (χ0) is 13.1. The fraction of sp³-hybridized carbons (Fsp3) is 0.125. The molecule has 0 aliphatic heterocycles. The minimum Gasteiger partial charge on any atom is -0.355 e. The maximum absolute atomic E-state index is 6.22. The Morgan fingerprint density at radius 1 is 1.06 bits per heavy atom. The topological polar surface area (TPSA) is 12.0 Å². The molecule has 18 heavy (non-hydrogen) atoms. The van der Waals surface area contributed by atoms with Gasteiger partial charge in [-0.15, -0.1) is 0 Å². The first-order valence-electron chi connectivity index (χ1n) is 5.86. The Labute approximate surface area is 113 Å². The fourth-order valence-electron chi connectivity index (χ4n) is 1.89. The summed E-state index contributed by atoms with van der Waals surface area (Å²) >= 11 is 6.22. The first kappa shape index (κ1) is 12.7. The lowest BCUT2D eigenvalue weighted by atomic mass is 10.1. The first-order chi connectivity index (χ1) is 8.58. The molecular weight excluding hydrogens is 242 g/mol. The Hall–Kier alpha value is -1.73. The average Bonchev–Trinajstić information content (AvgIpc) is 2.32. The number of aryl methyl sites for hydroxylation is 2. The highest BCUT2D eigenvalue weighted by atomic mass is 35.5.